The summed E-state index contributed by atoms with van der Waals surface area (Å²) in [6.07, 6.45) is 1.08. The monoisotopic (exact) mass is 437 g/mol. The van der Waals surface area contributed by atoms with Crippen LogP contribution < -0.4 is 20.9 Å². The van der Waals surface area contributed by atoms with Crippen LogP contribution in [0.5, 0.6) is 17.2 Å². The third-order valence-electron chi connectivity index (χ3n) is 5.05. The number of rotatable bonds is 6. The Hall–Kier alpha value is -2.84. The number of amides is 2. The highest BCUT2D eigenvalue weighted by atomic mass is 35.5. The molecular weight excluding hydrogens is 413 g/mol. The fourth-order valence-electron chi connectivity index (χ4n) is 3.31. The Bertz CT molecular complexity index is 917. The summed E-state index contributed by atoms with van der Waals surface area (Å²) in [5.74, 6) is -0.679. The normalized spacial score (nSPS) is 14.0. The first-order chi connectivity index (χ1) is 13.9. The lowest BCUT2D eigenvalue weighted by Gasteiger charge is -2.30. The van der Waals surface area contributed by atoms with E-state index < -0.39 is 5.82 Å². The van der Waals surface area contributed by atoms with Gasteiger partial charge in [-0.1, -0.05) is 6.07 Å². The minimum Gasteiger partial charge on any atom is -0.493 e. The van der Waals surface area contributed by atoms with E-state index in [0.29, 0.717) is 42.8 Å². The van der Waals surface area contributed by atoms with Crippen molar-refractivity contribution >= 4 is 24.2 Å². The molecule has 0 spiro atoms. The van der Waals surface area contributed by atoms with Crippen molar-refractivity contribution in [1.29, 1.82) is 0 Å². The van der Waals surface area contributed by atoms with E-state index >= 15 is 0 Å². The number of hydrogen-bond donors (Lipinski definition) is 2. The summed E-state index contributed by atoms with van der Waals surface area (Å²) in [6, 6.07) is 9.22. The molecule has 2 aromatic rings. The van der Waals surface area contributed by atoms with Crippen molar-refractivity contribution in [3.63, 3.8) is 0 Å². The molecule has 0 aliphatic carbocycles. The molecule has 0 atom stereocenters. The topological polar surface area (TPSA) is 108 Å². The highest BCUT2D eigenvalue weighted by molar-refractivity contribution is 5.95. The van der Waals surface area contributed by atoms with E-state index in [2.05, 4.69) is 0 Å². The fourth-order valence-corrected chi connectivity index (χ4v) is 3.31. The number of methoxy groups -OCH3 is 1. The molecule has 0 unspecified atom stereocenters. The van der Waals surface area contributed by atoms with E-state index in [9.17, 15) is 14.0 Å². The summed E-state index contributed by atoms with van der Waals surface area (Å²) in [5, 5.41) is 0. The summed E-state index contributed by atoms with van der Waals surface area (Å²) < 4.78 is 25.2. The summed E-state index contributed by atoms with van der Waals surface area (Å²) in [6.45, 7) is 1.12. The lowest BCUT2D eigenvalue weighted by atomic mass is 9.96. The maximum atomic E-state index is 14.3. The second-order valence-corrected chi connectivity index (χ2v) is 6.91. The standard InChI is InChI=1S/C21H24FN3O4.ClH/c1-28-18-5-3-15(21(27)25-8-6-14(7-9-25)20(24)26)11-19(18)29-17-4-2-13(12-23)10-16(17)22;/h2-5,10-11,14H,6-9,12,23H2,1H3,(H2,24,26);1H. The minimum atomic E-state index is -0.555. The van der Waals surface area contributed by atoms with Gasteiger partial charge in [0, 0.05) is 31.1 Å². The van der Waals surface area contributed by atoms with Crippen LogP contribution in [0.1, 0.15) is 28.8 Å². The Morgan fingerprint density at radius 3 is 2.33 bits per heavy atom. The van der Waals surface area contributed by atoms with Gasteiger partial charge in [-0.25, -0.2) is 4.39 Å². The van der Waals surface area contributed by atoms with E-state index in [1.807, 2.05) is 0 Å². The Balaban J connectivity index is 0.00000320. The zero-order valence-corrected chi connectivity index (χ0v) is 17.4. The lowest BCUT2D eigenvalue weighted by Crippen LogP contribution is -2.41. The molecule has 30 heavy (non-hydrogen) atoms. The molecule has 7 nitrogen and oxygen atoms in total. The molecule has 1 aliphatic heterocycles. The molecule has 2 amide bonds. The molecule has 1 aliphatic rings. The van der Waals surface area contributed by atoms with Crippen LogP contribution in [0, 0.1) is 11.7 Å². The zero-order chi connectivity index (χ0) is 21.0. The van der Waals surface area contributed by atoms with Crippen LogP contribution in [0.2, 0.25) is 0 Å². The number of piperidine rings is 1. The molecule has 0 radical (unpaired) electrons. The van der Waals surface area contributed by atoms with Gasteiger partial charge in [0.25, 0.3) is 5.91 Å². The van der Waals surface area contributed by atoms with Gasteiger partial charge in [-0.15, -0.1) is 12.4 Å². The maximum Gasteiger partial charge on any atom is 0.253 e. The van der Waals surface area contributed by atoms with Crippen molar-refractivity contribution in [2.24, 2.45) is 17.4 Å². The van der Waals surface area contributed by atoms with E-state index in [4.69, 9.17) is 20.9 Å². The largest absolute Gasteiger partial charge is 0.493 e. The SMILES string of the molecule is COc1ccc(C(=O)N2CCC(C(N)=O)CC2)cc1Oc1ccc(CN)cc1F.Cl. The third kappa shape index (κ3) is 5.20. The lowest BCUT2D eigenvalue weighted by molar-refractivity contribution is -0.123. The summed E-state index contributed by atoms with van der Waals surface area (Å²) in [4.78, 5) is 25.8. The number of halogens is 2. The Labute approximate surface area is 180 Å². The predicted molar refractivity (Wildman–Crippen MR) is 112 cm³/mol. The van der Waals surface area contributed by atoms with Crippen LogP contribution in [-0.2, 0) is 11.3 Å². The quantitative estimate of drug-likeness (QED) is 0.722. The second-order valence-electron chi connectivity index (χ2n) is 6.91. The number of carbonyl (C=O) groups is 2. The molecule has 1 saturated heterocycles. The van der Waals surface area contributed by atoms with E-state index in [0.717, 1.165) is 0 Å². The summed E-state index contributed by atoms with van der Waals surface area (Å²) in [5.41, 5.74) is 11.9. The number of nitrogens with two attached hydrogens (primary N) is 2. The number of carbonyl (C=O) groups excluding carboxylic acids is 2. The van der Waals surface area contributed by atoms with Crippen molar-refractivity contribution in [2.45, 2.75) is 19.4 Å². The number of likely N-dealkylation sites (tertiary alicyclic amines) is 1. The smallest absolute Gasteiger partial charge is 0.253 e. The second kappa shape index (κ2) is 10.3. The van der Waals surface area contributed by atoms with Crippen molar-refractivity contribution in [1.82, 2.24) is 4.90 Å². The highest BCUT2D eigenvalue weighted by Crippen LogP contribution is 2.34. The van der Waals surface area contributed by atoms with Gasteiger partial charge in [-0.3, -0.25) is 9.59 Å². The molecule has 4 N–H and O–H groups in total. The molecule has 9 heteroatoms. The predicted octanol–water partition coefficient (Wildman–Crippen LogP) is 2.84. The first-order valence-corrected chi connectivity index (χ1v) is 9.36. The zero-order valence-electron chi connectivity index (χ0n) is 16.6. The van der Waals surface area contributed by atoms with Crippen molar-refractivity contribution in [3.8, 4) is 17.2 Å². The Morgan fingerprint density at radius 1 is 1.10 bits per heavy atom. The number of ether oxygens (including phenoxy) is 2. The molecule has 3 rings (SSSR count). The molecule has 1 fully saturated rings. The third-order valence-corrected chi connectivity index (χ3v) is 5.05. The van der Waals surface area contributed by atoms with Gasteiger partial charge in [0.1, 0.15) is 0 Å². The van der Waals surface area contributed by atoms with Crippen LogP contribution in [0.15, 0.2) is 36.4 Å². The fraction of sp³-hybridized carbons (Fsp3) is 0.333. The number of nitrogens with zero attached hydrogens (tertiary/aromatic N) is 1. The van der Waals surface area contributed by atoms with E-state index in [1.54, 1.807) is 23.1 Å². The number of benzene rings is 2. The van der Waals surface area contributed by atoms with Crippen LogP contribution in [-0.4, -0.2) is 36.9 Å². The van der Waals surface area contributed by atoms with Crippen LogP contribution >= 0.6 is 12.4 Å². The van der Waals surface area contributed by atoms with Crippen LogP contribution in [0.4, 0.5) is 4.39 Å². The highest BCUT2D eigenvalue weighted by Gasteiger charge is 2.27. The number of hydrogen-bond acceptors (Lipinski definition) is 5. The maximum absolute atomic E-state index is 14.3. The van der Waals surface area contributed by atoms with Crippen LogP contribution in [0.3, 0.4) is 0 Å². The van der Waals surface area contributed by atoms with Gasteiger partial charge in [0.15, 0.2) is 23.1 Å². The number of primary amides is 1. The van der Waals surface area contributed by atoms with Gasteiger partial charge in [-0.05, 0) is 48.7 Å². The minimum absolute atomic E-state index is 0. The van der Waals surface area contributed by atoms with Gasteiger partial charge in [0.2, 0.25) is 5.91 Å². The molecule has 0 saturated carbocycles. The molecule has 1 heterocycles. The summed E-state index contributed by atoms with van der Waals surface area (Å²) in [7, 11) is 1.46. The molecular formula is C21H25ClFN3O4. The van der Waals surface area contributed by atoms with Crippen molar-refractivity contribution < 1.29 is 23.5 Å². The van der Waals surface area contributed by atoms with Crippen molar-refractivity contribution in [2.75, 3.05) is 20.2 Å². The Kier molecular flexibility index (Phi) is 8.02. The molecule has 2 aromatic carbocycles. The summed E-state index contributed by atoms with van der Waals surface area (Å²) >= 11 is 0. The van der Waals surface area contributed by atoms with Gasteiger partial charge >= 0.3 is 0 Å². The first kappa shape index (κ1) is 23.4. The molecule has 0 bridgehead atoms. The van der Waals surface area contributed by atoms with E-state index in [1.165, 1.54) is 25.3 Å². The van der Waals surface area contributed by atoms with Crippen LogP contribution in [0.25, 0.3) is 0 Å². The average Bonchev–Trinajstić information content (AvgIpc) is 2.74. The molecule has 0 aromatic heterocycles. The van der Waals surface area contributed by atoms with Gasteiger partial charge in [-0.2, -0.15) is 0 Å². The van der Waals surface area contributed by atoms with Crippen molar-refractivity contribution in [3.05, 3.63) is 53.3 Å². The first-order valence-electron chi connectivity index (χ1n) is 9.36. The average molecular weight is 438 g/mol. The van der Waals surface area contributed by atoms with E-state index in [-0.39, 0.29) is 48.2 Å². The van der Waals surface area contributed by atoms with Gasteiger partial charge < -0.3 is 25.8 Å². The Morgan fingerprint density at radius 2 is 1.77 bits per heavy atom. The van der Waals surface area contributed by atoms with Gasteiger partial charge in [0.05, 0.1) is 7.11 Å². The molecule has 162 valence electrons.